The number of benzene rings is 1. The van der Waals surface area contributed by atoms with Gasteiger partial charge in [-0.1, -0.05) is 43.3 Å². The first-order valence-corrected chi connectivity index (χ1v) is 9.73. The van der Waals surface area contributed by atoms with Crippen molar-refractivity contribution in [1.82, 2.24) is 9.80 Å². The Balaban J connectivity index is 2.12. The molecule has 1 aromatic carbocycles. The van der Waals surface area contributed by atoms with Gasteiger partial charge in [0.25, 0.3) is 0 Å². The van der Waals surface area contributed by atoms with Crippen LogP contribution in [-0.4, -0.2) is 40.6 Å². The molecule has 0 aliphatic heterocycles. The fourth-order valence-corrected chi connectivity index (χ4v) is 3.42. The van der Waals surface area contributed by atoms with Crippen LogP contribution < -0.4 is 0 Å². The fourth-order valence-electron chi connectivity index (χ4n) is 2.54. The smallest absolute Gasteiger partial charge is 0.242 e. The Hall–Kier alpha value is -1.85. The van der Waals surface area contributed by atoms with Crippen LogP contribution in [0.15, 0.2) is 47.8 Å². The van der Waals surface area contributed by atoms with Gasteiger partial charge in [-0.25, -0.2) is 0 Å². The third-order valence-electron chi connectivity index (χ3n) is 3.78. The topological polar surface area (TPSA) is 40.6 Å². The van der Waals surface area contributed by atoms with Gasteiger partial charge in [0.1, 0.15) is 5.88 Å². The average molecular weight is 379 g/mol. The number of hydrogen-bond acceptors (Lipinski definition) is 3. The number of carbonyl (C=O) groups is 2. The van der Waals surface area contributed by atoms with Gasteiger partial charge >= 0.3 is 0 Å². The predicted molar refractivity (Wildman–Crippen MR) is 103 cm³/mol. The minimum atomic E-state index is -0.201. The number of hydrogen-bond donors (Lipinski definition) is 0. The Morgan fingerprint density at radius 2 is 1.76 bits per heavy atom. The molecule has 4 nitrogen and oxygen atoms in total. The molecular formula is C19H23ClN2O2S. The highest BCUT2D eigenvalue weighted by molar-refractivity contribution is 7.09. The van der Waals surface area contributed by atoms with E-state index in [4.69, 9.17) is 11.6 Å². The van der Waals surface area contributed by atoms with Gasteiger partial charge in [0.05, 0.1) is 13.1 Å². The van der Waals surface area contributed by atoms with Crippen molar-refractivity contribution in [2.24, 2.45) is 0 Å². The molecule has 0 unspecified atom stereocenters. The minimum absolute atomic E-state index is 0.0656. The molecule has 0 aliphatic rings. The van der Waals surface area contributed by atoms with Crippen LogP contribution in [0.25, 0.3) is 0 Å². The number of carbonyl (C=O) groups excluding carboxylic acids is 2. The van der Waals surface area contributed by atoms with Gasteiger partial charge in [0.2, 0.25) is 11.8 Å². The maximum atomic E-state index is 12.9. The molecule has 0 atom stereocenters. The lowest BCUT2D eigenvalue weighted by molar-refractivity contribution is -0.140. The van der Waals surface area contributed by atoms with Gasteiger partial charge < -0.3 is 9.80 Å². The second-order valence-electron chi connectivity index (χ2n) is 5.76. The quantitative estimate of drug-likeness (QED) is 0.623. The van der Waals surface area contributed by atoms with Crippen molar-refractivity contribution in [1.29, 1.82) is 0 Å². The van der Waals surface area contributed by atoms with E-state index < -0.39 is 0 Å². The summed E-state index contributed by atoms with van der Waals surface area (Å²) < 4.78 is 0. The normalized spacial score (nSPS) is 10.5. The molecule has 1 aromatic heterocycles. The lowest BCUT2D eigenvalue weighted by Gasteiger charge is -2.27. The Bertz CT molecular complexity index is 661. The van der Waals surface area contributed by atoms with Crippen LogP contribution in [0, 0.1) is 0 Å². The number of nitrogens with zero attached hydrogens (tertiary/aromatic N) is 2. The van der Waals surface area contributed by atoms with Crippen molar-refractivity contribution in [3.05, 3.63) is 58.3 Å². The van der Waals surface area contributed by atoms with Gasteiger partial charge in [0, 0.05) is 18.0 Å². The molecule has 0 aliphatic carbocycles. The maximum Gasteiger partial charge on any atom is 0.242 e. The monoisotopic (exact) mass is 378 g/mol. The molecule has 2 rings (SSSR count). The molecule has 0 N–H and O–H groups in total. The molecule has 0 spiro atoms. The summed E-state index contributed by atoms with van der Waals surface area (Å²) in [7, 11) is 0. The van der Waals surface area contributed by atoms with Crippen LogP contribution in [0.4, 0.5) is 0 Å². The lowest BCUT2D eigenvalue weighted by Crippen LogP contribution is -2.43. The Labute approximate surface area is 158 Å². The van der Waals surface area contributed by atoms with Gasteiger partial charge in [-0.15, -0.1) is 22.9 Å². The van der Waals surface area contributed by atoms with E-state index >= 15 is 0 Å². The van der Waals surface area contributed by atoms with E-state index in [9.17, 15) is 9.59 Å². The molecule has 0 saturated carbocycles. The zero-order valence-electron chi connectivity index (χ0n) is 14.4. The maximum absolute atomic E-state index is 12.9. The van der Waals surface area contributed by atoms with Crippen molar-refractivity contribution < 1.29 is 9.59 Å². The first-order valence-electron chi connectivity index (χ1n) is 8.31. The summed E-state index contributed by atoms with van der Waals surface area (Å²) in [5, 5.41) is 2.00. The number of rotatable bonds is 9. The fraction of sp³-hybridized carbons (Fsp3) is 0.368. The largest absolute Gasteiger partial charge is 0.332 e. The van der Waals surface area contributed by atoms with E-state index in [2.05, 4.69) is 0 Å². The molecule has 2 aromatic rings. The van der Waals surface area contributed by atoms with Crippen LogP contribution in [0.3, 0.4) is 0 Å². The van der Waals surface area contributed by atoms with Gasteiger partial charge in [-0.2, -0.15) is 0 Å². The number of halogens is 1. The number of thiophene rings is 1. The minimum Gasteiger partial charge on any atom is -0.332 e. The molecule has 6 heteroatoms. The van der Waals surface area contributed by atoms with Crippen LogP contribution in [0.1, 0.15) is 23.8 Å². The van der Waals surface area contributed by atoms with Crippen LogP contribution in [0.5, 0.6) is 0 Å². The summed E-state index contributed by atoms with van der Waals surface area (Å²) in [6.45, 7) is 3.65. The molecule has 1 heterocycles. The first kappa shape index (κ1) is 19.5. The second-order valence-corrected chi connectivity index (χ2v) is 7.06. The van der Waals surface area contributed by atoms with Crippen LogP contribution in [-0.2, 0) is 22.7 Å². The summed E-state index contributed by atoms with van der Waals surface area (Å²) in [5.41, 5.74) is 1.07. The Morgan fingerprint density at radius 1 is 1.00 bits per heavy atom. The van der Waals surface area contributed by atoms with E-state index in [1.807, 2.05) is 54.8 Å². The number of amides is 2. The van der Waals surface area contributed by atoms with Gasteiger partial charge in [0.15, 0.2) is 0 Å². The van der Waals surface area contributed by atoms with Crippen molar-refractivity contribution in [3.8, 4) is 0 Å². The number of alkyl halides is 1. The zero-order valence-corrected chi connectivity index (χ0v) is 15.9. The lowest BCUT2D eigenvalue weighted by atomic mass is 10.2. The van der Waals surface area contributed by atoms with Crippen LogP contribution in [0.2, 0.25) is 0 Å². The van der Waals surface area contributed by atoms with Gasteiger partial charge in [-0.3, -0.25) is 9.59 Å². The van der Waals surface area contributed by atoms with E-state index in [1.165, 1.54) is 0 Å². The average Bonchev–Trinajstić information content (AvgIpc) is 3.14. The molecule has 0 radical (unpaired) electrons. The van der Waals surface area contributed by atoms with E-state index in [1.54, 1.807) is 21.1 Å². The predicted octanol–water partition coefficient (Wildman–Crippen LogP) is 3.75. The molecule has 0 saturated heterocycles. The third-order valence-corrected chi connectivity index (χ3v) is 4.87. The molecule has 0 fully saturated rings. The van der Waals surface area contributed by atoms with Crippen molar-refractivity contribution in [2.45, 2.75) is 26.4 Å². The molecule has 134 valence electrons. The Kier molecular flexibility index (Phi) is 7.95. The summed E-state index contributed by atoms with van der Waals surface area (Å²) in [6.07, 6.45) is 0.791. The van der Waals surface area contributed by atoms with Gasteiger partial charge in [-0.05, 0) is 23.4 Å². The second kappa shape index (κ2) is 10.2. The van der Waals surface area contributed by atoms with Crippen molar-refractivity contribution in [2.75, 3.05) is 19.0 Å². The third kappa shape index (κ3) is 6.18. The summed E-state index contributed by atoms with van der Waals surface area (Å²) in [5.74, 6) is -0.367. The summed E-state index contributed by atoms with van der Waals surface area (Å²) in [6, 6.07) is 13.9. The highest BCUT2D eigenvalue weighted by Crippen LogP contribution is 2.15. The molecule has 2 amide bonds. The SMILES string of the molecule is CCCN(CC(=O)N(Cc1ccccc1)Cc1cccs1)C(=O)CCl. The van der Waals surface area contributed by atoms with E-state index in [-0.39, 0.29) is 24.2 Å². The first-order chi connectivity index (χ1) is 12.1. The van der Waals surface area contributed by atoms with Crippen molar-refractivity contribution in [3.63, 3.8) is 0 Å². The summed E-state index contributed by atoms with van der Waals surface area (Å²) >= 11 is 7.30. The highest BCUT2D eigenvalue weighted by Gasteiger charge is 2.21. The van der Waals surface area contributed by atoms with Crippen LogP contribution >= 0.6 is 22.9 Å². The highest BCUT2D eigenvalue weighted by atomic mass is 35.5. The zero-order chi connectivity index (χ0) is 18.1. The molecule has 0 bridgehead atoms. The summed E-state index contributed by atoms with van der Waals surface area (Å²) in [4.78, 5) is 29.3. The van der Waals surface area contributed by atoms with E-state index in [0.29, 0.717) is 19.6 Å². The van der Waals surface area contributed by atoms with Crippen molar-refractivity contribution >= 4 is 34.8 Å². The molecular weight excluding hydrogens is 356 g/mol. The van der Waals surface area contributed by atoms with E-state index in [0.717, 1.165) is 16.9 Å². The Morgan fingerprint density at radius 3 is 2.36 bits per heavy atom. The molecule has 25 heavy (non-hydrogen) atoms. The standard InChI is InChI=1S/C19H23ClN2O2S/c1-2-10-21(18(23)12-20)15-19(24)22(14-17-9-6-11-25-17)13-16-7-4-3-5-8-16/h3-9,11H,2,10,12-15H2,1H3.